The summed E-state index contributed by atoms with van der Waals surface area (Å²) in [5.41, 5.74) is 0. The van der Waals surface area contributed by atoms with Gasteiger partial charge in [0.25, 0.3) is 0 Å². The van der Waals surface area contributed by atoms with E-state index in [1.54, 1.807) is 24.3 Å². The first kappa shape index (κ1) is 12.4. The van der Waals surface area contributed by atoms with E-state index in [2.05, 4.69) is 5.10 Å². The molecule has 1 heterocycles. The Labute approximate surface area is 108 Å². The molecule has 1 aromatic heterocycles. The molecule has 0 atom stereocenters. The van der Waals surface area contributed by atoms with Crippen molar-refractivity contribution in [1.29, 1.82) is 0 Å². The molecule has 94 valence electrons. The molecule has 0 spiro atoms. The van der Waals surface area contributed by atoms with Crippen LogP contribution in [0.1, 0.15) is 0 Å². The number of benzene rings is 1. The van der Waals surface area contributed by atoms with E-state index in [-0.39, 0.29) is 12.4 Å². The van der Waals surface area contributed by atoms with E-state index in [1.807, 2.05) is 0 Å². The monoisotopic (exact) mass is 267 g/mol. The van der Waals surface area contributed by atoms with Crippen LogP contribution in [0.15, 0.2) is 36.5 Å². The summed E-state index contributed by atoms with van der Waals surface area (Å²) in [6, 6.07) is 8.31. The predicted octanol–water partition coefficient (Wildman–Crippen LogP) is 2.52. The van der Waals surface area contributed by atoms with E-state index in [0.717, 1.165) is 0 Å². The Kier molecular flexibility index (Phi) is 3.78. The van der Waals surface area contributed by atoms with Crippen LogP contribution in [0.4, 0.5) is 5.82 Å². The molecular formula is C11H10ClN3O3. The van der Waals surface area contributed by atoms with Crippen molar-refractivity contribution >= 4 is 17.4 Å². The van der Waals surface area contributed by atoms with Gasteiger partial charge in [0.15, 0.2) is 0 Å². The summed E-state index contributed by atoms with van der Waals surface area (Å²) < 4.78 is 6.71. The van der Waals surface area contributed by atoms with Crippen molar-refractivity contribution in [2.45, 2.75) is 6.54 Å². The molecule has 0 amide bonds. The maximum Gasteiger partial charge on any atom is 0.344 e. The third-order valence-corrected chi connectivity index (χ3v) is 2.48. The van der Waals surface area contributed by atoms with Crippen LogP contribution in [0.2, 0.25) is 5.02 Å². The highest BCUT2D eigenvalue weighted by Gasteiger charge is 2.12. The zero-order valence-electron chi connectivity index (χ0n) is 9.32. The van der Waals surface area contributed by atoms with Crippen LogP contribution in [0, 0.1) is 10.1 Å². The summed E-state index contributed by atoms with van der Waals surface area (Å²) in [7, 11) is 0. The van der Waals surface area contributed by atoms with Crippen LogP contribution in [0.5, 0.6) is 5.75 Å². The van der Waals surface area contributed by atoms with Crippen LogP contribution >= 0.6 is 11.6 Å². The minimum atomic E-state index is -0.480. The maximum absolute atomic E-state index is 10.6. The van der Waals surface area contributed by atoms with Crippen LogP contribution in [0.3, 0.4) is 0 Å². The number of ether oxygens (including phenoxy) is 1. The maximum atomic E-state index is 10.6. The van der Waals surface area contributed by atoms with Crippen molar-refractivity contribution in [1.82, 2.24) is 9.78 Å². The third kappa shape index (κ3) is 2.98. The standard InChI is InChI=1S/C11H10ClN3O3/c12-9-2-1-3-10(8-9)18-7-6-14-11(15(16)17)4-5-13-14/h1-5,8H,6-7H2. The zero-order valence-corrected chi connectivity index (χ0v) is 10.1. The van der Waals surface area contributed by atoms with Crippen molar-refractivity contribution in [3.63, 3.8) is 0 Å². The van der Waals surface area contributed by atoms with Gasteiger partial charge >= 0.3 is 5.82 Å². The summed E-state index contributed by atoms with van der Waals surface area (Å²) >= 11 is 5.80. The first-order valence-electron chi connectivity index (χ1n) is 5.21. The van der Waals surface area contributed by atoms with Crippen molar-refractivity contribution in [2.24, 2.45) is 0 Å². The second kappa shape index (κ2) is 5.50. The number of nitro groups is 1. The van der Waals surface area contributed by atoms with Crippen LogP contribution in [-0.2, 0) is 6.54 Å². The Balaban J connectivity index is 1.92. The quantitative estimate of drug-likeness (QED) is 0.616. The van der Waals surface area contributed by atoms with Gasteiger partial charge in [-0.15, -0.1) is 4.68 Å². The molecule has 2 rings (SSSR count). The number of nitrogens with zero attached hydrogens (tertiary/aromatic N) is 3. The van der Waals surface area contributed by atoms with Gasteiger partial charge in [-0.1, -0.05) is 22.8 Å². The number of halogens is 1. The number of hydrogen-bond acceptors (Lipinski definition) is 4. The smallest absolute Gasteiger partial charge is 0.344 e. The summed E-state index contributed by atoms with van der Waals surface area (Å²) in [6.45, 7) is 0.582. The van der Waals surface area contributed by atoms with Gasteiger partial charge in [0.1, 0.15) is 18.9 Å². The lowest BCUT2D eigenvalue weighted by Gasteiger charge is -2.05. The third-order valence-electron chi connectivity index (χ3n) is 2.25. The largest absolute Gasteiger partial charge is 0.489 e. The highest BCUT2D eigenvalue weighted by Crippen LogP contribution is 2.17. The minimum absolute atomic E-state index is 0.0512. The molecular weight excluding hydrogens is 258 g/mol. The molecule has 0 radical (unpaired) electrons. The summed E-state index contributed by atoms with van der Waals surface area (Å²) in [6.07, 6.45) is 1.39. The van der Waals surface area contributed by atoms with Gasteiger partial charge in [-0.3, -0.25) is 0 Å². The fourth-order valence-corrected chi connectivity index (χ4v) is 1.64. The van der Waals surface area contributed by atoms with Gasteiger partial charge in [-0.05, 0) is 23.1 Å². The second-order valence-electron chi connectivity index (χ2n) is 3.48. The lowest BCUT2D eigenvalue weighted by molar-refractivity contribution is -0.392. The number of aromatic nitrogens is 2. The summed E-state index contributed by atoms with van der Waals surface area (Å²) in [5.74, 6) is 0.571. The molecule has 0 N–H and O–H groups in total. The molecule has 18 heavy (non-hydrogen) atoms. The lowest BCUT2D eigenvalue weighted by Crippen LogP contribution is -2.11. The van der Waals surface area contributed by atoms with Gasteiger partial charge in [0.05, 0.1) is 12.3 Å². The average molecular weight is 268 g/mol. The van der Waals surface area contributed by atoms with Crippen molar-refractivity contribution in [3.05, 3.63) is 51.7 Å². The Morgan fingerprint density at radius 2 is 2.28 bits per heavy atom. The molecule has 0 saturated heterocycles. The van der Waals surface area contributed by atoms with E-state index in [0.29, 0.717) is 17.3 Å². The fraction of sp³-hybridized carbons (Fsp3) is 0.182. The molecule has 0 aliphatic heterocycles. The highest BCUT2D eigenvalue weighted by atomic mass is 35.5. The molecule has 2 aromatic rings. The average Bonchev–Trinajstić information content (AvgIpc) is 2.77. The van der Waals surface area contributed by atoms with Gasteiger partial charge in [-0.25, -0.2) is 0 Å². The fourth-order valence-electron chi connectivity index (χ4n) is 1.46. The predicted molar refractivity (Wildman–Crippen MR) is 65.8 cm³/mol. The zero-order chi connectivity index (χ0) is 13.0. The number of rotatable bonds is 5. The topological polar surface area (TPSA) is 70.2 Å². The SMILES string of the molecule is O=[N+]([O-])c1ccnn1CCOc1cccc(Cl)c1. The van der Waals surface area contributed by atoms with E-state index in [9.17, 15) is 10.1 Å². The van der Waals surface area contributed by atoms with Crippen molar-refractivity contribution in [3.8, 4) is 5.75 Å². The molecule has 0 saturated carbocycles. The Morgan fingerprint density at radius 3 is 3.00 bits per heavy atom. The molecule has 6 nitrogen and oxygen atoms in total. The normalized spacial score (nSPS) is 10.3. The van der Waals surface area contributed by atoms with E-state index in [4.69, 9.17) is 16.3 Å². The van der Waals surface area contributed by atoms with E-state index < -0.39 is 4.92 Å². The van der Waals surface area contributed by atoms with Crippen LogP contribution in [0.25, 0.3) is 0 Å². The molecule has 0 bridgehead atoms. The van der Waals surface area contributed by atoms with Crippen LogP contribution < -0.4 is 4.74 Å². The highest BCUT2D eigenvalue weighted by molar-refractivity contribution is 6.30. The molecule has 7 heteroatoms. The lowest BCUT2D eigenvalue weighted by atomic mass is 10.3. The van der Waals surface area contributed by atoms with Gasteiger partial charge in [0.2, 0.25) is 0 Å². The van der Waals surface area contributed by atoms with Gasteiger partial charge in [0, 0.05) is 5.02 Å². The summed E-state index contributed by atoms with van der Waals surface area (Å²) in [4.78, 5) is 10.2. The molecule has 0 aliphatic rings. The first-order valence-corrected chi connectivity index (χ1v) is 5.59. The van der Waals surface area contributed by atoms with Crippen LogP contribution in [-0.4, -0.2) is 21.3 Å². The second-order valence-corrected chi connectivity index (χ2v) is 3.91. The van der Waals surface area contributed by atoms with Crippen molar-refractivity contribution < 1.29 is 9.66 Å². The van der Waals surface area contributed by atoms with Gasteiger partial charge < -0.3 is 14.9 Å². The van der Waals surface area contributed by atoms with E-state index >= 15 is 0 Å². The number of hydrogen-bond donors (Lipinski definition) is 0. The first-order chi connectivity index (χ1) is 8.66. The Hall–Kier alpha value is -2.08. The molecule has 0 unspecified atom stereocenters. The molecule has 0 aliphatic carbocycles. The Morgan fingerprint density at radius 1 is 1.44 bits per heavy atom. The molecule has 1 aromatic carbocycles. The minimum Gasteiger partial charge on any atom is -0.489 e. The molecule has 0 fully saturated rings. The van der Waals surface area contributed by atoms with E-state index in [1.165, 1.54) is 16.9 Å². The Bertz CT molecular complexity index is 556. The van der Waals surface area contributed by atoms with Crippen molar-refractivity contribution in [2.75, 3.05) is 6.61 Å². The summed E-state index contributed by atoms with van der Waals surface area (Å²) in [5, 5.41) is 15.1. The van der Waals surface area contributed by atoms with Gasteiger partial charge in [-0.2, -0.15) is 0 Å².